The van der Waals surface area contributed by atoms with Crippen LogP contribution in [0.4, 0.5) is 4.39 Å². The van der Waals surface area contributed by atoms with Crippen LogP contribution in [0.3, 0.4) is 0 Å². The van der Waals surface area contributed by atoms with Gasteiger partial charge >= 0.3 is 0 Å². The fourth-order valence-corrected chi connectivity index (χ4v) is 2.18. The summed E-state index contributed by atoms with van der Waals surface area (Å²) in [5.74, 6) is 1.14. The van der Waals surface area contributed by atoms with Crippen molar-refractivity contribution >= 4 is 11.6 Å². The Morgan fingerprint density at radius 3 is 2.19 bits per heavy atom. The lowest BCUT2D eigenvalue weighted by atomic mass is 10.2. The van der Waals surface area contributed by atoms with E-state index in [0.717, 1.165) is 5.56 Å². The predicted molar refractivity (Wildman–Crippen MR) is 79.8 cm³/mol. The van der Waals surface area contributed by atoms with Crippen molar-refractivity contribution in [3.63, 3.8) is 0 Å². The molecule has 5 heteroatoms. The molecule has 3 nitrogen and oxygen atoms in total. The van der Waals surface area contributed by atoms with Gasteiger partial charge in [-0.05, 0) is 12.1 Å². The van der Waals surface area contributed by atoms with Crippen LogP contribution in [0.1, 0.15) is 11.1 Å². The topological polar surface area (TPSA) is 27.7 Å². The fourth-order valence-electron chi connectivity index (χ4n) is 1.97. The molecular formula is C16H16ClFO3. The zero-order chi connectivity index (χ0) is 15.2. The minimum atomic E-state index is -0.428. The molecule has 0 aliphatic heterocycles. The maximum atomic E-state index is 14.1. The second-order valence-electron chi connectivity index (χ2n) is 4.30. The summed E-state index contributed by atoms with van der Waals surface area (Å²) in [6.07, 6.45) is 0. The Hall–Kier alpha value is -1.94. The van der Waals surface area contributed by atoms with Crippen LogP contribution >= 0.6 is 11.6 Å². The molecule has 2 aromatic rings. The maximum absolute atomic E-state index is 14.1. The van der Waals surface area contributed by atoms with Crippen molar-refractivity contribution < 1.29 is 18.6 Å². The van der Waals surface area contributed by atoms with Crippen LogP contribution in [0.15, 0.2) is 36.4 Å². The molecular weight excluding hydrogens is 295 g/mol. The quantitative estimate of drug-likeness (QED) is 0.750. The van der Waals surface area contributed by atoms with Crippen LogP contribution in [-0.4, -0.2) is 14.2 Å². The van der Waals surface area contributed by atoms with Gasteiger partial charge in [-0.1, -0.05) is 24.3 Å². The first kappa shape index (κ1) is 15.4. The summed E-state index contributed by atoms with van der Waals surface area (Å²) >= 11 is 5.89. The van der Waals surface area contributed by atoms with Gasteiger partial charge in [-0.3, -0.25) is 0 Å². The summed E-state index contributed by atoms with van der Waals surface area (Å²) in [6.45, 7) is 0.0628. The molecule has 0 fully saturated rings. The highest BCUT2D eigenvalue weighted by atomic mass is 35.5. The molecule has 0 aliphatic rings. The van der Waals surface area contributed by atoms with Crippen molar-refractivity contribution in [3.8, 4) is 17.2 Å². The summed E-state index contributed by atoms with van der Waals surface area (Å²) in [5, 5.41) is 0. The Kier molecular flexibility index (Phi) is 5.28. The second-order valence-corrected chi connectivity index (χ2v) is 4.57. The van der Waals surface area contributed by atoms with Crippen LogP contribution in [0.5, 0.6) is 17.2 Å². The van der Waals surface area contributed by atoms with Gasteiger partial charge < -0.3 is 14.2 Å². The van der Waals surface area contributed by atoms with Crippen molar-refractivity contribution in [1.82, 2.24) is 0 Å². The third-order valence-corrected chi connectivity index (χ3v) is 3.35. The lowest BCUT2D eigenvalue weighted by molar-refractivity contribution is 0.275. The first-order valence-electron chi connectivity index (χ1n) is 6.37. The standard InChI is InChI=1S/C16H16ClFO3/c1-19-13-7-4-6-12(15(13)18)10-21-16-11(9-17)5-3-8-14(16)20-2/h3-8H,9-10H2,1-2H3. The van der Waals surface area contributed by atoms with E-state index in [9.17, 15) is 4.39 Å². The van der Waals surface area contributed by atoms with Crippen LogP contribution < -0.4 is 14.2 Å². The van der Waals surface area contributed by atoms with Crippen molar-refractivity contribution in [1.29, 1.82) is 0 Å². The Balaban J connectivity index is 2.24. The Labute approximate surface area is 128 Å². The number of halogens is 2. The Bertz CT molecular complexity index is 594. The third kappa shape index (κ3) is 3.39. The van der Waals surface area contributed by atoms with E-state index in [4.69, 9.17) is 25.8 Å². The highest BCUT2D eigenvalue weighted by molar-refractivity contribution is 6.17. The van der Waals surface area contributed by atoms with Gasteiger partial charge in [0.05, 0.1) is 20.1 Å². The molecule has 0 radical (unpaired) electrons. The fraction of sp³-hybridized carbons (Fsp3) is 0.250. The molecule has 0 N–H and O–H groups in total. The van der Waals surface area contributed by atoms with Crippen molar-refractivity contribution in [2.45, 2.75) is 12.5 Å². The van der Waals surface area contributed by atoms with Crippen LogP contribution in [-0.2, 0) is 12.5 Å². The van der Waals surface area contributed by atoms with E-state index in [0.29, 0.717) is 17.1 Å². The predicted octanol–water partition coefficient (Wildman–Crippen LogP) is 4.16. The first-order valence-corrected chi connectivity index (χ1v) is 6.90. The van der Waals surface area contributed by atoms with Gasteiger partial charge in [-0.2, -0.15) is 0 Å². The lowest BCUT2D eigenvalue weighted by Crippen LogP contribution is -2.03. The number of ether oxygens (including phenoxy) is 3. The van der Waals surface area contributed by atoms with Gasteiger partial charge in [-0.25, -0.2) is 4.39 Å². The van der Waals surface area contributed by atoms with E-state index in [2.05, 4.69) is 0 Å². The molecule has 0 saturated heterocycles. The zero-order valence-electron chi connectivity index (χ0n) is 11.9. The number of hydrogen-bond acceptors (Lipinski definition) is 3. The molecule has 0 aliphatic carbocycles. The number of para-hydroxylation sites is 1. The maximum Gasteiger partial charge on any atom is 0.171 e. The van der Waals surface area contributed by atoms with Gasteiger partial charge in [0.2, 0.25) is 0 Å². The largest absolute Gasteiger partial charge is 0.494 e. The average molecular weight is 311 g/mol. The lowest BCUT2D eigenvalue weighted by Gasteiger charge is -2.14. The number of rotatable bonds is 6. The summed E-state index contributed by atoms with van der Waals surface area (Å²) in [7, 11) is 2.97. The van der Waals surface area contributed by atoms with Crippen LogP contribution in [0.25, 0.3) is 0 Å². The van der Waals surface area contributed by atoms with Gasteiger partial charge in [0, 0.05) is 11.1 Å². The molecule has 0 heterocycles. The van der Waals surface area contributed by atoms with Gasteiger partial charge in [-0.15, -0.1) is 11.6 Å². The molecule has 0 aromatic heterocycles. The second kappa shape index (κ2) is 7.18. The summed E-state index contributed by atoms with van der Waals surface area (Å²) in [6, 6.07) is 10.4. The monoisotopic (exact) mass is 310 g/mol. The Morgan fingerprint density at radius 2 is 1.57 bits per heavy atom. The summed E-state index contributed by atoms with van der Waals surface area (Å²) in [4.78, 5) is 0. The highest BCUT2D eigenvalue weighted by Crippen LogP contribution is 2.33. The molecule has 0 atom stereocenters. The third-order valence-electron chi connectivity index (χ3n) is 3.06. The number of hydrogen-bond donors (Lipinski definition) is 0. The minimum Gasteiger partial charge on any atom is -0.494 e. The van der Waals surface area contributed by atoms with E-state index in [1.54, 1.807) is 31.4 Å². The Morgan fingerprint density at radius 1 is 0.952 bits per heavy atom. The first-order chi connectivity index (χ1) is 10.2. The molecule has 21 heavy (non-hydrogen) atoms. The average Bonchev–Trinajstić information content (AvgIpc) is 2.53. The van der Waals surface area contributed by atoms with E-state index >= 15 is 0 Å². The molecule has 0 spiro atoms. The van der Waals surface area contributed by atoms with E-state index < -0.39 is 5.82 Å². The van der Waals surface area contributed by atoms with Crippen LogP contribution in [0.2, 0.25) is 0 Å². The SMILES string of the molecule is COc1cccc(COc2c(CCl)cccc2OC)c1F. The highest BCUT2D eigenvalue weighted by Gasteiger charge is 2.13. The zero-order valence-corrected chi connectivity index (χ0v) is 12.6. The number of alkyl halides is 1. The summed E-state index contributed by atoms with van der Waals surface area (Å²) < 4.78 is 30.0. The van der Waals surface area contributed by atoms with Gasteiger partial charge in [0.25, 0.3) is 0 Å². The number of methoxy groups -OCH3 is 2. The molecule has 112 valence electrons. The summed E-state index contributed by atoms with van der Waals surface area (Å²) in [5.41, 5.74) is 1.19. The molecule has 0 saturated carbocycles. The van der Waals surface area contributed by atoms with E-state index in [1.807, 2.05) is 12.1 Å². The van der Waals surface area contributed by atoms with Gasteiger partial charge in [0.15, 0.2) is 23.1 Å². The van der Waals surface area contributed by atoms with Gasteiger partial charge in [0.1, 0.15) is 6.61 Å². The van der Waals surface area contributed by atoms with Crippen molar-refractivity contribution in [2.24, 2.45) is 0 Å². The van der Waals surface area contributed by atoms with E-state index in [-0.39, 0.29) is 18.2 Å². The normalized spacial score (nSPS) is 10.3. The smallest absolute Gasteiger partial charge is 0.171 e. The molecule has 0 bridgehead atoms. The molecule has 0 unspecified atom stereocenters. The van der Waals surface area contributed by atoms with Crippen LogP contribution in [0, 0.1) is 5.82 Å². The number of benzene rings is 2. The van der Waals surface area contributed by atoms with Crippen molar-refractivity contribution in [2.75, 3.05) is 14.2 Å². The van der Waals surface area contributed by atoms with E-state index in [1.165, 1.54) is 7.11 Å². The molecule has 0 amide bonds. The molecule has 2 rings (SSSR count). The molecule has 2 aromatic carbocycles. The minimum absolute atomic E-state index is 0.0628. The van der Waals surface area contributed by atoms with Crippen molar-refractivity contribution in [3.05, 3.63) is 53.3 Å².